The summed E-state index contributed by atoms with van der Waals surface area (Å²) in [4.78, 5) is 25.5. The van der Waals surface area contributed by atoms with Crippen LogP contribution in [0, 0.1) is 5.92 Å². The van der Waals surface area contributed by atoms with Crippen LogP contribution in [0.1, 0.15) is 64.2 Å². The molecule has 2 aliphatic carbocycles. The maximum absolute atomic E-state index is 12.0. The number of carboxylic acid groups (broad SMARTS) is 1. The third kappa shape index (κ3) is 2.34. The van der Waals surface area contributed by atoms with E-state index in [4.69, 9.17) is 0 Å². The van der Waals surface area contributed by atoms with Crippen molar-refractivity contribution in [1.82, 2.24) is 0 Å². The highest BCUT2D eigenvalue weighted by molar-refractivity contribution is 7.12. The first-order chi connectivity index (χ1) is 9.08. The maximum Gasteiger partial charge on any atom is 0.337 e. The van der Waals surface area contributed by atoms with Gasteiger partial charge in [0.15, 0.2) is 0 Å². The lowest BCUT2D eigenvalue weighted by molar-refractivity contribution is -0.119. The molecule has 0 aliphatic heterocycles. The van der Waals surface area contributed by atoms with E-state index in [-0.39, 0.29) is 11.7 Å². The van der Waals surface area contributed by atoms with E-state index in [9.17, 15) is 14.7 Å². The third-order valence-corrected chi connectivity index (χ3v) is 5.67. The summed E-state index contributed by atoms with van der Waals surface area (Å²) >= 11 is 1.57. The number of hydrogen-bond donors (Lipinski definition) is 1. The van der Waals surface area contributed by atoms with Gasteiger partial charge in [0.05, 0.1) is 5.56 Å². The lowest BCUT2D eigenvalue weighted by atomic mass is 9.88. The van der Waals surface area contributed by atoms with Crippen LogP contribution >= 0.6 is 11.3 Å². The molecule has 1 unspecified atom stereocenters. The first kappa shape index (κ1) is 12.9. The molecule has 0 radical (unpaired) electrons. The minimum Gasteiger partial charge on any atom is -0.478 e. The van der Waals surface area contributed by atoms with Gasteiger partial charge in [0.1, 0.15) is 5.78 Å². The molecule has 0 aromatic carbocycles. The lowest BCUT2D eigenvalue weighted by Gasteiger charge is -2.18. The van der Waals surface area contributed by atoms with Crippen LogP contribution in [0.3, 0.4) is 0 Å². The van der Waals surface area contributed by atoms with Crippen molar-refractivity contribution in [2.24, 2.45) is 5.92 Å². The highest BCUT2D eigenvalue weighted by Crippen LogP contribution is 2.42. The molecular formula is C15H18O3S. The van der Waals surface area contributed by atoms with E-state index in [1.54, 1.807) is 11.3 Å². The Morgan fingerprint density at radius 3 is 2.68 bits per heavy atom. The summed E-state index contributed by atoms with van der Waals surface area (Å²) in [5.74, 6) is 0.0220. The van der Waals surface area contributed by atoms with Crippen LogP contribution in [0.15, 0.2) is 0 Å². The monoisotopic (exact) mass is 278 g/mol. The number of carbonyl (C=O) groups excluding carboxylic acids is 1. The number of carbonyl (C=O) groups is 2. The summed E-state index contributed by atoms with van der Waals surface area (Å²) in [6.07, 6.45) is 5.35. The molecule has 2 aliphatic rings. The SMILES string of the molecule is CC1CCCc2c1sc(CC(=O)C1CC1)c2C(=O)O. The van der Waals surface area contributed by atoms with Gasteiger partial charge in [-0.1, -0.05) is 6.92 Å². The van der Waals surface area contributed by atoms with Gasteiger partial charge in [-0.3, -0.25) is 4.79 Å². The van der Waals surface area contributed by atoms with E-state index in [1.165, 1.54) is 4.88 Å². The highest BCUT2D eigenvalue weighted by atomic mass is 32.1. The molecular weight excluding hydrogens is 260 g/mol. The number of carboxylic acids is 1. The highest BCUT2D eigenvalue weighted by Gasteiger charge is 2.33. The number of hydrogen-bond acceptors (Lipinski definition) is 3. The fourth-order valence-electron chi connectivity index (χ4n) is 2.98. The van der Waals surface area contributed by atoms with Gasteiger partial charge in [-0.15, -0.1) is 11.3 Å². The summed E-state index contributed by atoms with van der Waals surface area (Å²) in [7, 11) is 0. The quantitative estimate of drug-likeness (QED) is 0.918. The van der Waals surface area contributed by atoms with E-state index in [0.29, 0.717) is 17.9 Å². The predicted molar refractivity (Wildman–Crippen MR) is 74.1 cm³/mol. The molecule has 1 heterocycles. The Kier molecular flexibility index (Phi) is 3.21. The Bertz CT molecular complexity index is 540. The molecule has 0 amide bonds. The molecule has 1 atom stereocenters. The molecule has 1 saturated carbocycles. The van der Waals surface area contributed by atoms with E-state index < -0.39 is 5.97 Å². The molecule has 0 saturated heterocycles. The van der Waals surface area contributed by atoms with E-state index >= 15 is 0 Å². The lowest BCUT2D eigenvalue weighted by Crippen LogP contribution is -2.11. The fourth-order valence-corrected chi connectivity index (χ4v) is 4.42. The second-order valence-electron chi connectivity index (χ2n) is 5.76. The van der Waals surface area contributed by atoms with Crippen molar-refractivity contribution in [3.8, 4) is 0 Å². The number of ketones is 1. The van der Waals surface area contributed by atoms with Gasteiger partial charge >= 0.3 is 5.97 Å². The standard InChI is InChI=1S/C15H18O3S/c1-8-3-2-4-10-13(15(17)18)12(19-14(8)10)7-11(16)9-5-6-9/h8-9H,2-7H2,1H3,(H,17,18). The molecule has 3 rings (SSSR count). The van der Waals surface area contributed by atoms with Crippen LogP contribution < -0.4 is 0 Å². The number of aromatic carboxylic acids is 1. The number of thiophene rings is 1. The molecule has 1 aromatic rings. The average molecular weight is 278 g/mol. The number of rotatable bonds is 4. The van der Waals surface area contributed by atoms with Crippen LogP contribution in [-0.2, 0) is 17.6 Å². The van der Waals surface area contributed by atoms with Crippen molar-refractivity contribution in [3.63, 3.8) is 0 Å². The Morgan fingerprint density at radius 1 is 1.32 bits per heavy atom. The van der Waals surface area contributed by atoms with Crippen molar-refractivity contribution in [1.29, 1.82) is 0 Å². The van der Waals surface area contributed by atoms with Crippen LogP contribution in [0.2, 0.25) is 0 Å². The molecule has 0 bridgehead atoms. The number of Topliss-reactive ketones (excluding diaryl/α,β-unsaturated/α-hetero) is 1. The summed E-state index contributed by atoms with van der Waals surface area (Å²) in [6, 6.07) is 0. The Labute approximate surface area is 116 Å². The van der Waals surface area contributed by atoms with Gasteiger partial charge in [0, 0.05) is 22.1 Å². The third-order valence-electron chi connectivity index (χ3n) is 4.20. The van der Waals surface area contributed by atoms with Crippen LogP contribution in [0.25, 0.3) is 0 Å². The molecule has 0 spiro atoms. The van der Waals surface area contributed by atoms with Crippen LogP contribution in [0.5, 0.6) is 0 Å². The molecule has 19 heavy (non-hydrogen) atoms. The molecule has 3 nitrogen and oxygen atoms in total. The fraction of sp³-hybridized carbons (Fsp3) is 0.600. The van der Waals surface area contributed by atoms with Gasteiger partial charge in [-0.25, -0.2) is 4.79 Å². The van der Waals surface area contributed by atoms with Crippen molar-refractivity contribution in [2.45, 2.75) is 51.4 Å². The van der Waals surface area contributed by atoms with Gasteiger partial charge < -0.3 is 5.11 Å². The zero-order valence-corrected chi connectivity index (χ0v) is 11.9. The summed E-state index contributed by atoms with van der Waals surface area (Å²) in [5, 5.41) is 9.46. The average Bonchev–Trinajstić information content (AvgIpc) is 3.12. The van der Waals surface area contributed by atoms with Gasteiger partial charge in [0.25, 0.3) is 0 Å². The molecule has 1 aromatic heterocycles. The van der Waals surface area contributed by atoms with E-state index in [0.717, 1.165) is 42.5 Å². The second-order valence-corrected chi connectivity index (χ2v) is 6.90. The minimum absolute atomic E-state index is 0.207. The van der Waals surface area contributed by atoms with E-state index in [1.807, 2.05) is 0 Å². The Hall–Kier alpha value is -1.16. The van der Waals surface area contributed by atoms with Gasteiger partial charge in [0.2, 0.25) is 0 Å². The van der Waals surface area contributed by atoms with Crippen LogP contribution in [0.4, 0.5) is 0 Å². The van der Waals surface area contributed by atoms with Crippen molar-refractivity contribution < 1.29 is 14.7 Å². The molecule has 1 fully saturated rings. The predicted octanol–water partition coefficient (Wildman–Crippen LogP) is 3.41. The zero-order valence-electron chi connectivity index (χ0n) is 11.1. The van der Waals surface area contributed by atoms with Crippen molar-refractivity contribution >= 4 is 23.1 Å². The first-order valence-corrected chi connectivity index (χ1v) is 7.80. The first-order valence-electron chi connectivity index (χ1n) is 6.98. The second kappa shape index (κ2) is 4.75. The largest absolute Gasteiger partial charge is 0.478 e. The summed E-state index contributed by atoms with van der Waals surface area (Å²) in [5.41, 5.74) is 1.45. The van der Waals surface area contributed by atoms with Crippen LogP contribution in [-0.4, -0.2) is 16.9 Å². The van der Waals surface area contributed by atoms with E-state index in [2.05, 4.69) is 6.92 Å². The van der Waals surface area contributed by atoms with Crippen molar-refractivity contribution in [2.75, 3.05) is 0 Å². The topological polar surface area (TPSA) is 54.4 Å². The van der Waals surface area contributed by atoms with Gasteiger partial charge in [-0.2, -0.15) is 0 Å². The molecule has 102 valence electrons. The van der Waals surface area contributed by atoms with Gasteiger partial charge in [-0.05, 0) is 43.6 Å². The summed E-state index contributed by atoms with van der Waals surface area (Å²) < 4.78 is 0. The maximum atomic E-state index is 12.0. The Morgan fingerprint density at radius 2 is 2.05 bits per heavy atom. The normalized spacial score (nSPS) is 22.1. The number of fused-ring (bicyclic) bond motifs is 1. The van der Waals surface area contributed by atoms with Crippen molar-refractivity contribution in [3.05, 3.63) is 20.9 Å². The minimum atomic E-state index is -0.856. The smallest absolute Gasteiger partial charge is 0.337 e. The summed E-state index contributed by atoms with van der Waals surface area (Å²) in [6.45, 7) is 2.16. The molecule has 4 heteroatoms. The molecule has 1 N–H and O–H groups in total. The zero-order chi connectivity index (χ0) is 13.6. The Balaban J connectivity index is 1.97.